The predicted molar refractivity (Wildman–Crippen MR) is 111 cm³/mol. The first-order valence-corrected chi connectivity index (χ1v) is 10.7. The van der Waals surface area contributed by atoms with E-state index >= 15 is 0 Å². The van der Waals surface area contributed by atoms with E-state index in [9.17, 15) is 9.59 Å². The largest absolute Gasteiger partial charge is 0.306 e. The van der Waals surface area contributed by atoms with E-state index in [-0.39, 0.29) is 11.8 Å². The number of aromatic nitrogens is 1. The zero-order chi connectivity index (χ0) is 19.5. The summed E-state index contributed by atoms with van der Waals surface area (Å²) in [6.07, 6.45) is 3.30. The summed E-state index contributed by atoms with van der Waals surface area (Å²) in [5.41, 5.74) is 1.09. The molecule has 5 nitrogen and oxygen atoms in total. The van der Waals surface area contributed by atoms with Crippen LogP contribution in [0.15, 0.2) is 58.6 Å². The Kier molecular flexibility index (Phi) is 4.08. The first kappa shape index (κ1) is 17.8. The Morgan fingerprint density at radius 2 is 1.96 bits per heavy atom. The van der Waals surface area contributed by atoms with Gasteiger partial charge in [-0.25, -0.2) is 0 Å². The Hall–Kier alpha value is -2.22. The molecule has 1 fully saturated rings. The molecule has 0 spiro atoms. The van der Waals surface area contributed by atoms with E-state index in [2.05, 4.69) is 20.9 Å². The van der Waals surface area contributed by atoms with Crippen LogP contribution in [0.4, 0.5) is 0 Å². The third kappa shape index (κ3) is 2.27. The number of halogens is 2. The minimum absolute atomic E-state index is 0.0899. The number of benzene rings is 1. The molecule has 2 aromatic heterocycles. The number of thiophene rings is 1. The van der Waals surface area contributed by atoms with Gasteiger partial charge in [-0.15, -0.1) is 11.3 Å². The molecule has 8 heteroatoms. The molecular formula is C20H13BrClN3O2S. The monoisotopic (exact) mass is 473 g/mol. The van der Waals surface area contributed by atoms with Crippen molar-refractivity contribution in [3.05, 3.63) is 85.2 Å². The highest BCUT2D eigenvalue weighted by atomic mass is 79.9. The van der Waals surface area contributed by atoms with Crippen LogP contribution in [0.25, 0.3) is 0 Å². The molecule has 0 bridgehead atoms. The predicted octanol–water partition coefficient (Wildman–Crippen LogP) is 4.37. The van der Waals surface area contributed by atoms with Crippen molar-refractivity contribution >= 4 is 50.7 Å². The lowest BCUT2D eigenvalue weighted by molar-refractivity contribution is 0.0377. The summed E-state index contributed by atoms with van der Waals surface area (Å²) in [6, 6.07) is 10.9. The van der Waals surface area contributed by atoms with Crippen LogP contribution in [0.5, 0.6) is 0 Å². The number of hydrogen-bond acceptors (Lipinski definition) is 4. The van der Waals surface area contributed by atoms with Gasteiger partial charge in [0.1, 0.15) is 4.88 Å². The molecule has 3 aromatic rings. The zero-order valence-electron chi connectivity index (χ0n) is 14.4. The maximum atomic E-state index is 13.6. The van der Waals surface area contributed by atoms with Crippen LogP contribution in [0.1, 0.15) is 31.2 Å². The average molecular weight is 475 g/mol. The molecule has 4 heterocycles. The highest BCUT2D eigenvalue weighted by Gasteiger charge is 2.60. The van der Waals surface area contributed by atoms with Crippen molar-refractivity contribution in [3.63, 3.8) is 0 Å². The second-order valence-electron chi connectivity index (χ2n) is 6.61. The van der Waals surface area contributed by atoms with Crippen molar-refractivity contribution in [2.45, 2.75) is 5.66 Å². The van der Waals surface area contributed by atoms with Gasteiger partial charge in [-0.1, -0.05) is 23.7 Å². The van der Waals surface area contributed by atoms with E-state index in [1.807, 2.05) is 23.6 Å². The van der Waals surface area contributed by atoms with Gasteiger partial charge in [-0.2, -0.15) is 0 Å². The number of amides is 2. The highest BCUT2D eigenvalue weighted by Crippen LogP contribution is 2.50. The Morgan fingerprint density at radius 3 is 2.68 bits per heavy atom. The van der Waals surface area contributed by atoms with Gasteiger partial charge in [0, 0.05) is 46.1 Å². The lowest BCUT2D eigenvalue weighted by Crippen LogP contribution is -2.51. The van der Waals surface area contributed by atoms with E-state index < -0.39 is 5.66 Å². The fraction of sp³-hybridized carbons (Fsp3) is 0.150. The van der Waals surface area contributed by atoms with Crippen LogP contribution in [-0.4, -0.2) is 39.7 Å². The van der Waals surface area contributed by atoms with Crippen LogP contribution in [0.3, 0.4) is 0 Å². The van der Waals surface area contributed by atoms with Crippen molar-refractivity contribution < 1.29 is 9.59 Å². The van der Waals surface area contributed by atoms with Gasteiger partial charge in [0.15, 0.2) is 5.66 Å². The molecule has 0 aliphatic carbocycles. The minimum Gasteiger partial charge on any atom is -0.306 e. The molecule has 2 aliphatic rings. The number of nitrogens with zero attached hydrogens (tertiary/aromatic N) is 3. The first-order valence-electron chi connectivity index (χ1n) is 8.62. The molecule has 28 heavy (non-hydrogen) atoms. The molecule has 1 atom stereocenters. The van der Waals surface area contributed by atoms with Crippen LogP contribution in [0, 0.1) is 0 Å². The summed E-state index contributed by atoms with van der Waals surface area (Å²) in [4.78, 5) is 35.1. The van der Waals surface area contributed by atoms with Gasteiger partial charge >= 0.3 is 0 Å². The van der Waals surface area contributed by atoms with E-state index in [0.29, 0.717) is 28.6 Å². The normalized spacial score (nSPS) is 20.4. The summed E-state index contributed by atoms with van der Waals surface area (Å²) < 4.78 is 0.753. The van der Waals surface area contributed by atoms with Crippen molar-refractivity contribution in [3.8, 4) is 0 Å². The summed E-state index contributed by atoms with van der Waals surface area (Å²) in [7, 11) is 0. The van der Waals surface area contributed by atoms with Crippen LogP contribution < -0.4 is 0 Å². The average Bonchev–Trinajstić information content (AvgIpc) is 3.37. The lowest BCUT2D eigenvalue weighted by atomic mass is 9.91. The molecule has 2 amide bonds. The van der Waals surface area contributed by atoms with Gasteiger partial charge in [0.05, 0.1) is 5.56 Å². The lowest BCUT2D eigenvalue weighted by Gasteiger charge is -2.40. The number of carbonyl (C=O) groups excluding carboxylic acids is 2. The van der Waals surface area contributed by atoms with Gasteiger partial charge in [0.2, 0.25) is 0 Å². The van der Waals surface area contributed by atoms with Crippen LogP contribution in [0.2, 0.25) is 5.02 Å². The zero-order valence-corrected chi connectivity index (χ0v) is 17.6. The molecule has 0 N–H and O–H groups in total. The minimum atomic E-state index is -1.02. The maximum Gasteiger partial charge on any atom is 0.267 e. The van der Waals surface area contributed by atoms with E-state index in [4.69, 9.17) is 11.6 Å². The molecule has 140 valence electrons. The van der Waals surface area contributed by atoms with Crippen molar-refractivity contribution in [2.24, 2.45) is 0 Å². The summed E-state index contributed by atoms with van der Waals surface area (Å²) >= 11 is 11.0. The van der Waals surface area contributed by atoms with Crippen LogP contribution in [-0.2, 0) is 5.66 Å². The van der Waals surface area contributed by atoms with E-state index in [0.717, 1.165) is 15.6 Å². The maximum absolute atomic E-state index is 13.6. The Labute approximate surface area is 178 Å². The third-order valence-electron chi connectivity index (χ3n) is 5.30. The van der Waals surface area contributed by atoms with Gasteiger partial charge in [-0.3, -0.25) is 14.6 Å². The SMILES string of the molecule is O=C1c2ccncc2C2(c3ccc(Cl)cc3)N1CCN2C(=O)c1sccc1Br. The van der Waals surface area contributed by atoms with Crippen molar-refractivity contribution in [2.75, 3.05) is 13.1 Å². The fourth-order valence-electron chi connectivity index (χ4n) is 4.18. The second-order valence-corrected chi connectivity index (χ2v) is 8.82. The Morgan fingerprint density at radius 1 is 1.18 bits per heavy atom. The fourth-order valence-corrected chi connectivity index (χ4v) is 5.79. The summed E-state index contributed by atoms with van der Waals surface area (Å²) in [5, 5.41) is 2.47. The van der Waals surface area contributed by atoms with Crippen molar-refractivity contribution in [1.82, 2.24) is 14.8 Å². The summed E-state index contributed by atoms with van der Waals surface area (Å²) in [6.45, 7) is 0.886. The summed E-state index contributed by atoms with van der Waals surface area (Å²) in [5.74, 6) is -0.211. The molecule has 0 radical (unpaired) electrons. The Balaban J connectivity index is 1.77. The molecule has 1 aromatic carbocycles. The second kappa shape index (κ2) is 6.40. The molecular weight excluding hydrogens is 462 g/mol. The number of fused-ring (bicyclic) bond motifs is 3. The van der Waals surface area contributed by atoms with Gasteiger partial charge in [-0.05, 0) is 45.6 Å². The quantitative estimate of drug-likeness (QED) is 0.554. The van der Waals surface area contributed by atoms with E-state index in [1.165, 1.54) is 11.3 Å². The molecule has 1 saturated heterocycles. The standard InChI is InChI=1S/C20H13BrClN3O2S/c21-16-6-10-28-17(16)19(27)25-9-8-24-18(26)14-5-7-23-11-15(14)20(24,25)12-1-3-13(22)4-2-12/h1-7,10-11H,8-9H2. The topological polar surface area (TPSA) is 53.5 Å². The molecule has 2 aliphatic heterocycles. The molecule has 1 unspecified atom stereocenters. The van der Waals surface area contributed by atoms with Crippen molar-refractivity contribution in [1.29, 1.82) is 0 Å². The highest BCUT2D eigenvalue weighted by molar-refractivity contribution is 9.10. The smallest absolute Gasteiger partial charge is 0.267 e. The number of pyridine rings is 1. The molecule has 5 rings (SSSR count). The number of hydrogen-bond donors (Lipinski definition) is 0. The van der Waals surface area contributed by atoms with Crippen LogP contribution >= 0.6 is 38.9 Å². The molecule has 0 saturated carbocycles. The first-order chi connectivity index (χ1) is 13.5. The third-order valence-corrected chi connectivity index (χ3v) is 7.38. The number of carbonyl (C=O) groups is 2. The van der Waals surface area contributed by atoms with Gasteiger partial charge < -0.3 is 9.80 Å². The Bertz CT molecular complexity index is 1120. The van der Waals surface area contributed by atoms with E-state index in [1.54, 1.807) is 40.4 Å². The van der Waals surface area contributed by atoms with Gasteiger partial charge in [0.25, 0.3) is 11.8 Å². The number of rotatable bonds is 2.